The summed E-state index contributed by atoms with van der Waals surface area (Å²) in [7, 11) is 0. The molecule has 0 fully saturated rings. The van der Waals surface area contributed by atoms with Crippen LogP contribution in [0.25, 0.3) is 0 Å². The summed E-state index contributed by atoms with van der Waals surface area (Å²) in [5.41, 5.74) is 0.0146. The second-order valence-electron chi connectivity index (χ2n) is 6.17. The fourth-order valence-corrected chi connectivity index (χ4v) is 2.90. The van der Waals surface area contributed by atoms with E-state index in [1.807, 2.05) is 27.7 Å². The lowest BCUT2D eigenvalue weighted by Gasteiger charge is -2.21. The predicted octanol–water partition coefficient (Wildman–Crippen LogP) is 4.90. The van der Waals surface area contributed by atoms with Crippen molar-refractivity contribution < 1.29 is 18.0 Å². The van der Waals surface area contributed by atoms with Crippen molar-refractivity contribution in [1.29, 1.82) is 0 Å². The van der Waals surface area contributed by atoms with Crippen LogP contribution in [-0.2, 0) is 11.7 Å². The molecule has 0 aliphatic carbocycles. The number of aromatic nitrogens is 2. The number of rotatable bonds is 2. The van der Waals surface area contributed by atoms with Gasteiger partial charge in [0.25, 0.3) is 0 Å². The molecule has 0 atom stereocenters. The molecular formula is C16H17F3N2OS. The molecule has 0 aliphatic heterocycles. The Morgan fingerprint density at radius 2 is 1.83 bits per heavy atom. The highest BCUT2D eigenvalue weighted by Crippen LogP contribution is 2.32. The van der Waals surface area contributed by atoms with Crippen molar-refractivity contribution in [1.82, 2.24) is 9.78 Å². The number of carbonyl (C=O) groups is 1. The van der Waals surface area contributed by atoms with E-state index in [1.54, 1.807) is 10.7 Å². The predicted molar refractivity (Wildman–Crippen MR) is 83.6 cm³/mol. The van der Waals surface area contributed by atoms with Crippen LogP contribution >= 0.6 is 11.8 Å². The van der Waals surface area contributed by atoms with Gasteiger partial charge >= 0.3 is 6.18 Å². The second kappa shape index (κ2) is 6.03. The topological polar surface area (TPSA) is 34.9 Å². The number of aryl methyl sites for hydroxylation is 1. The van der Waals surface area contributed by atoms with E-state index in [-0.39, 0.29) is 21.2 Å². The Balaban J connectivity index is 2.23. The molecule has 124 valence electrons. The second-order valence-corrected chi connectivity index (χ2v) is 7.22. The smallest absolute Gasteiger partial charge is 0.279 e. The van der Waals surface area contributed by atoms with Crippen LogP contribution in [0.4, 0.5) is 13.2 Å². The van der Waals surface area contributed by atoms with Crippen LogP contribution in [0.5, 0.6) is 0 Å². The van der Waals surface area contributed by atoms with Crippen molar-refractivity contribution in [3.8, 4) is 0 Å². The lowest BCUT2D eigenvalue weighted by Crippen LogP contribution is -2.24. The average molecular weight is 342 g/mol. The molecule has 0 saturated carbocycles. The van der Waals surface area contributed by atoms with Gasteiger partial charge in [0.1, 0.15) is 5.69 Å². The normalized spacial score (nSPS) is 12.5. The van der Waals surface area contributed by atoms with Gasteiger partial charge in [-0.3, -0.25) is 9.48 Å². The molecule has 3 nitrogen and oxygen atoms in total. The SMILES string of the molecule is Cc1cc(C(=O)Sc2cccc(C(F)(F)F)c2)nn1C(C)(C)C. The van der Waals surface area contributed by atoms with Crippen molar-refractivity contribution in [2.24, 2.45) is 0 Å². The molecule has 0 spiro atoms. The highest BCUT2D eigenvalue weighted by molar-refractivity contribution is 8.14. The number of hydrogen-bond donors (Lipinski definition) is 0. The molecule has 0 unspecified atom stereocenters. The molecule has 1 aromatic carbocycles. The third-order valence-electron chi connectivity index (χ3n) is 3.10. The third-order valence-corrected chi connectivity index (χ3v) is 3.99. The van der Waals surface area contributed by atoms with Crippen molar-refractivity contribution in [3.63, 3.8) is 0 Å². The molecule has 2 aromatic rings. The van der Waals surface area contributed by atoms with Gasteiger partial charge in [0.2, 0.25) is 5.12 Å². The number of benzene rings is 1. The summed E-state index contributed by atoms with van der Waals surface area (Å²) >= 11 is 0.745. The van der Waals surface area contributed by atoms with Crippen LogP contribution in [0.2, 0.25) is 0 Å². The molecule has 1 aromatic heterocycles. The summed E-state index contributed by atoms with van der Waals surface area (Å²) in [5, 5.41) is 3.89. The van der Waals surface area contributed by atoms with E-state index in [9.17, 15) is 18.0 Å². The first-order valence-electron chi connectivity index (χ1n) is 6.95. The molecule has 1 heterocycles. The standard InChI is InChI=1S/C16H17F3N2OS/c1-10-8-13(20-21(10)15(2,3)4)14(22)23-12-7-5-6-11(9-12)16(17,18)19/h5-9H,1-4H3. The fourth-order valence-electron chi connectivity index (χ4n) is 2.15. The monoisotopic (exact) mass is 342 g/mol. The first kappa shape index (κ1) is 17.6. The number of alkyl halides is 3. The van der Waals surface area contributed by atoms with Crippen molar-refractivity contribution in [2.45, 2.75) is 44.3 Å². The van der Waals surface area contributed by atoms with Crippen molar-refractivity contribution in [2.75, 3.05) is 0 Å². The lowest BCUT2D eigenvalue weighted by molar-refractivity contribution is -0.137. The van der Waals surface area contributed by atoms with Crippen LogP contribution in [0.1, 0.15) is 42.5 Å². The highest BCUT2D eigenvalue weighted by atomic mass is 32.2. The maximum Gasteiger partial charge on any atom is 0.416 e. The fraction of sp³-hybridized carbons (Fsp3) is 0.375. The largest absolute Gasteiger partial charge is 0.416 e. The molecule has 2 rings (SSSR count). The summed E-state index contributed by atoms with van der Waals surface area (Å²) in [6.45, 7) is 7.72. The van der Waals surface area contributed by atoms with Gasteiger partial charge in [0, 0.05) is 10.6 Å². The molecule has 0 saturated heterocycles. The van der Waals surface area contributed by atoms with Gasteiger partial charge in [-0.1, -0.05) is 6.07 Å². The van der Waals surface area contributed by atoms with Crippen molar-refractivity contribution in [3.05, 3.63) is 47.3 Å². The molecule has 0 radical (unpaired) electrons. The van der Waals surface area contributed by atoms with Crippen LogP contribution < -0.4 is 0 Å². The summed E-state index contributed by atoms with van der Waals surface area (Å²) < 4.78 is 39.8. The van der Waals surface area contributed by atoms with Gasteiger partial charge in [-0.25, -0.2) is 0 Å². The first-order chi connectivity index (χ1) is 10.5. The quantitative estimate of drug-likeness (QED) is 0.728. The average Bonchev–Trinajstić information content (AvgIpc) is 2.80. The minimum Gasteiger partial charge on any atom is -0.279 e. The molecule has 0 N–H and O–H groups in total. The Kier molecular flexibility index (Phi) is 4.61. The Bertz CT molecular complexity index is 730. The Morgan fingerprint density at radius 1 is 1.17 bits per heavy atom. The number of nitrogens with zero attached hydrogens (tertiary/aromatic N) is 2. The summed E-state index contributed by atoms with van der Waals surface area (Å²) in [6.07, 6.45) is -4.43. The van der Waals surface area contributed by atoms with E-state index in [2.05, 4.69) is 5.10 Å². The van der Waals surface area contributed by atoms with Gasteiger partial charge in [-0.05, 0) is 63.7 Å². The third kappa shape index (κ3) is 4.16. The number of halogens is 3. The zero-order chi connectivity index (χ0) is 17.4. The summed E-state index contributed by atoms with van der Waals surface area (Å²) in [4.78, 5) is 12.5. The van der Waals surface area contributed by atoms with Gasteiger partial charge in [0.05, 0.1) is 11.1 Å². The number of hydrogen-bond acceptors (Lipinski definition) is 3. The minimum atomic E-state index is -4.43. The molecule has 0 bridgehead atoms. The van der Waals surface area contributed by atoms with Crippen LogP contribution in [0.15, 0.2) is 35.2 Å². The lowest BCUT2D eigenvalue weighted by atomic mass is 10.1. The van der Waals surface area contributed by atoms with E-state index in [0.717, 1.165) is 29.6 Å². The van der Waals surface area contributed by atoms with E-state index >= 15 is 0 Å². The van der Waals surface area contributed by atoms with Gasteiger partial charge < -0.3 is 0 Å². The van der Waals surface area contributed by atoms with E-state index in [0.29, 0.717) is 0 Å². The molecule has 0 amide bonds. The Labute approximate surface area is 136 Å². The maximum atomic E-state index is 12.7. The van der Waals surface area contributed by atoms with E-state index < -0.39 is 11.7 Å². The Hall–Kier alpha value is -1.76. The van der Waals surface area contributed by atoms with Crippen LogP contribution in [0.3, 0.4) is 0 Å². The molecule has 23 heavy (non-hydrogen) atoms. The first-order valence-corrected chi connectivity index (χ1v) is 7.77. The number of carbonyl (C=O) groups excluding carboxylic acids is 1. The molecular weight excluding hydrogens is 325 g/mol. The van der Waals surface area contributed by atoms with Gasteiger partial charge in [-0.15, -0.1) is 0 Å². The van der Waals surface area contributed by atoms with Gasteiger partial charge in [0.15, 0.2) is 0 Å². The Morgan fingerprint density at radius 3 is 2.35 bits per heavy atom. The van der Waals surface area contributed by atoms with Crippen LogP contribution in [-0.4, -0.2) is 14.9 Å². The van der Waals surface area contributed by atoms with Crippen LogP contribution in [0, 0.1) is 6.92 Å². The van der Waals surface area contributed by atoms with E-state index in [4.69, 9.17) is 0 Å². The summed E-state index contributed by atoms with van der Waals surface area (Å²) in [5.74, 6) is 0. The minimum absolute atomic E-state index is 0.236. The van der Waals surface area contributed by atoms with Gasteiger partial charge in [-0.2, -0.15) is 18.3 Å². The molecule has 7 heteroatoms. The maximum absolute atomic E-state index is 12.7. The molecule has 0 aliphatic rings. The highest BCUT2D eigenvalue weighted by Gasteiger charge is 2.30. The zero-order valence-corrected chi connectivity index (χ0v) is 14.0. The van der Waals surface area contributed by atoms with Crippen molar-refractivity contribution >= 4 is 16.9 Å². The summed E-state index contributed by atoms with van der Waals surface area (Å²) in [6, 6.07) is 6.36. The number of thioether (sulfide) groups is 1. The van der Waals surface area contributed by atoms with E-state index in [1.165, 1.54) is 12.1 Å². The zero-order valence-electron chi connectivity index (χ0n) is 13.2.